The number of nitrogens with zero attached hydrogens (tertiary/aromatic N) is 2. The Labute approximate surface area is 224 Å². The molecule has 1 heterocycles. The van der Waals surface area contributed by atoms with Crippen molar-refractivity contribution in [3.05, 3.63) is 108 Å². The lowest BCUT2D eigenvalue weighted by Crippen LogP contribution is -2.30. The zero-order chi connectivity index (χ0) is 26.5. The van der Waals surface area contributed by atoms with Crippen molar-refractivity contribution in [3.63, 3.8) is 0 Å². The second-order valence-electron chi connectivity index (χ2n) is 9.40. The molecule has 0 saturated heterocycles. The van der Waals surface area contributed by atoms with E-state index in [4.69, 9.17) is 9.72 Å². The van der Waals surface area contributed by atoms with E-state index in [1.165, 1.54) is 0 Å². The summed E-state index contributed by atoms with van der Waals surface area (Å²) in [5.41, 5.74) is 4.26. The highest BCUT2D eigenvalue weighted by Crippen LogP contribution is 2.33. The topological polar surface area (TPSA) is 56.1 Å². The van der Waals surface area contributed by atoms with Gasteiger partial charge in [-0.15, -0.1) is 0 Å². The third kappa shape index (κ3) is 5.05. The fourth-order valence-electron chi connectivity index (χ4n) is 5.02. The molecule has 0 radical (unpaired) electrons. The van der Waals surface area contributed by atoms with Gasteiger partial charge in [-0.1, -0.05) is 92.2 Å². The van der Waals surface area contributed by atoms with Crippen LogP contribution in [0.3, 0.4) is 0 Å². The lowest BCUT2D eigenvalue weighted by Gasteiger charge is -2.20. The molecule has 5 aromatic rings. The summed E-state index contributed by atoms with van der Waals surface area (Å²) in [5, 5.41) is 5.47. The molecule has 192 valence electrons. The highest BCUT2D eigenvalue weighted by Gasteiger charge is 2.26. The largest absolute Gasteiger partial charge is 0.497 e. The van der Waals surface area contributed by atoms with Crippen molar-refractivity contribution in [2.75, 3.05) is 7.11 Å². The Morgan fingerprint density at radius 2 is 1.55 bits per heavy atom. The number of fused-ring (bicyclic) bond motifs is 1. The average Bonchev–Trinajstić information content (AvgIpc) is 3.37. The van der Waals surface area contributed by atoms with Crippen LogP contribution in [0.25, 0.3) is 33.4 Å². The summed E-state index contributed by atoms with van der Waals surface area (Å²) in [4.78, 5) is 19.2. The molecule has 5 heteroatoms. The predicted molar refractivity (Wildman–Crippen MR) is 154 cm³/mol. The molecule has 1 N–H and O–H groups in total. The number of rotatable bonds is 9. The van der Waals surface area contributed by atoms with E-state index in [-0.39, 0.29) is 11.9 Å². The Kier molecular flexibility index (Phi) is 7.55. The van der Waals surface area contributed by atoms with Gasteiger partial charge in [0.1, 0.15) is 23.0 Å². The normalized spacial score (nSPS) is 11.9. The average molecular weight is 504 g/mol. The zero-order valence-corrected chi connectivity index (χ0v) is 22.1. The van der Waals surface area contributed by atoms with E-state index in [1.54, 1.807) is 7.11 Å². The van der Waals surface area contributed by atoms with Crippen LogP contribution in [-0.2, 0) is 6.54 Å². The number of carbonyl (C=O) groups excluding carboxylic acids is 1. The minimum Gasteiger partial charge on any atom is -0.497 e. The quantitative estimate of drug-likeness (QED) is 0.225. The summed E-state index contributed by atoms with van der Waals surface area (Å²) in [6.45, 7) is 4.82. The van der Waals surface area contributed by atoms with E-state index in [9.17, 15) is 4.79 Å². The lowest BCUT2D eigenvalue weighted by atomic mass is 10.0. The number of hydrogen-bond donors (Lipinski definition) is 1. The summed E-state index contributed by atoms with van der Waals surface area (Å²) >= 11 is 0. The predicted octanol–water partition coefficient (Wildman–Crippen LogP) is 7.67. The van der Waals surface area contributed by atoms with Gasteiger partial charge in [0.2, 0.25) is 0 Å². The molecule has 1 unspecified atom stereocenters. The highest BCUT2D eigenvalue weighted by molar-refractivity contribution is 6.01. The standard InChI is InChI=1S/C33H33N3O2/c1-4-12-29(23-13-8-6-9-14-23)34-33(37)31-30(35-32(36(31)5-2)24-15-10-7-11-16-24)27-18-17-26-22-28(38-3)20-19-25(26)21-27/h6-11,13-22,29H,4-5,12H2,1-3H3,(H,34,37). The number of hydrogen-bond acceptors (Lipinski definition) is 3. The lowest BCUT2D eigenvalue weighted by molar-refractivity contribution is 0.0926. The van der Waals surface area contributed by atoms with Gasteiger partial charge in [0.05, 0.1) is 13.2 Å². The summed E-state index contributed by atoms with van der Waals surface area (Å²) in [7, 11) is 1.67. The highest BCUT2D eigenvalue weighted by atomic mass is 16.5. The van der Waals surface area contributed by atoms with Gasteiger partial charge >= 0.3 is 0 Å². The van der Waals surface area contributed by atoms with Crippen LogP contribution in [0, 0.1) is 0 Å². The molecule has 1 atom stereocenters. The van der Waals surface area contributed by atoms with Crippen LogP contribution in [0.5, 0.6) is 5.75 Å². The molecule has 4 aromatic carbocycles. The Bertz CT molecular complexity index is 1540. The van der Waals surface area contributed by atoms with Crippen molar-refractivity contribution in [1.82, 2.24) is 14.9 Å². The third-order valence-corrected chi connectivity index (χ3v) is 6.94. The number of aromatic nitrogens is 2. The molecule has 0 spiro atoms. The van der Waals surface area contributed by atoms with E-state index in [0.717, 1.165) is 51.9 Å². The number of ether oxygens (including phenoxy) is 1. The van der Waals surface area contributed by atoms with E-state index in [1.807, 2.05) is 77.4 Å². The van der Waals surface area contributed by atoms with E-state index in [2.05, 4.69) is 43.4 Å². The summed E-state index contributed by atoms with van der Waals surface area (Å²) in [6, 6.07) is 32.4. The van der Waals surface area contributed by atoms with Crippen LogP contribution in [-0.4, -0.2) is 22.6 Å². The molecule has 5 nitrogen and oxygen atoms in total. The maximum Gasteiger partial charge on any atom is 0.270 e. The van der Waals surface area contributed by atoms with Crippen molar-refractivity contribution in [2.24, 2.45) is 0 Å². The van der Waals surface area contributed by atoms with Gasteiger partial charge < -0.3 is 14.6 Å². The summed E-state index contributed by atoms with van der Waals surface area (Å²) < 4.78 is 7.43. The molecule has 0 aliphatic heterocycles. The first-order valence-electron chi connectivity index (χ1n) is 13.2. The fourth-order valence-corrected chi connectivity index (χ4v) is 5.02. The number of amides is 1. The molecule has 0 saturated carbocycles. The fraction of sp³-hybridized carbons (Fsp3) is 0.212. The first-order valence-corrected chi connectivity index (χ1v) is 13.2. The molecule has 0 bridgehead atoms. The minimum atomic E-state index is -0.117. The monoisotopic (exact) mass is 503 g/mol. The number of methoxy groups -OCH3 is 1. The van der Waals surface area contributed by atoms with Gasteiger partial charge in [-0.05, 0) is 47.9 Å². The molecule has 1 aromatic heterocycles. The van der Waals surface area contributed by atoms with Gasteiger partial charge in [-0.25, -0.2) is 4.98 Å². The molecule has 1 amide bonds. The number of nitrogens with one attached hydrogen (secondary N) is 1. The van der Waals surface area contributed by atoms with Crippen LogP contribution in [0.15, 0.2) is 97.1 Å². The maximum atomic E-state index is 14.1. The summed E-state index contributed by atoms with van der Waals surface area (Å²) in [6.07, 6.45) is 1.82. The van der Waals surface area contributed by atoms with Crippen molar-refractivity contribution < 1.29 is 9.53 Å². The van der Waals surface area contributed by atoms with Gasteiger partial charge in [0.15, 0.2) is 0 Å². The second kappa shape index (κ2) is 11.3. The van der Waals surface area contributed by atoms with Gasteiger partial charge in [-0.3, -0.25) is 4.79 Å². The first kappa shape index (κ1) is 25.3. The van der Waals surface area contributed by atoms with Crippen LogP contribution >= 0.6 is 0 Å². The van der Waals surface area contributed by atoms with Crippen molar-refractivity contribution >= 4 is 16.7 Å². The van der Waals surface area contributed by atoms with Crippen LogP contribution < -0.4 is 10.1 Å². The molecule has 0 aliphatic carbocycles. The van der Waals surface area contributed by atoms with Crippen molar-refractivity contribution in [1.29, 1.82) is 0 Å². The van der Waals surface area contributed by atoms with Gasteiger partial charge in [0.25, 0.3) is 5.91 Å². The molecule has 5 rings (SSSR count). The van der Waals surface area contributed by atoms with Crippen LogP contribution in [0.4, 0.5) is 0 Å². The Balaban J connectivity index is 1.64. The van der Waals surface area contributed by atoms with E-state index < -0.39 is 0 Å². The first-order chi connectivity index (χ1) is 18.6. The molecular weight excluding hydrogens is 470 g/mol. The number of imidazole rings is 1. The molecule has 0 aliphatic rings. The SMILES string of the molecule is CCCC(NC(=O)c1c(-c2ccc3cc(OC)ccc3c2)nc(-c2ccccc2)n1CC)c1ccccc1. The Morgan fingerprint density at radius 1 is 0.868 bits per heavy atom. The zero-order valence-electron chi connectivity index (χ0n) is 22.1. The number of benzene rings is 4. The molecular formula is C33H33N3O2. The smallest absolute Gasteiger partial charge is 0.270 e. The second-order valence-corrected chi connectivity index (χ2v) is 9.40. The minimum absolute atomic E-state index is 0.0778. The van der Waals surface area contributed by atoms with E-state index >= 15 is 0 Å². The summed E-state index contributed by atoms with van der Waals surface area (Å²) in [5.74, 6) is 1.48. The molecule has 38 heavy (non-hydrogen) atoms. The van der Waals surface area contributed by atoms with Crippen molar-refractivity contribution in [3.8, 4) is 28.4 Å². The Morgan fingerprint density at radius 3 is 2.24 bits per heavy atom. The van der Waals surface area contributed by atoms with E-state index in [0.29, 0.717) is 17.9 Å². The number of carbonyl (C=O) groups is 1. The molecule has 0 fully saturated rings. The maximum absolute atomic E-state index is 14.1. The van der Waals surface area contributed by atoms with Crippen molar-refractivity contribution in [2.45, 2.75) is 39.3 Å². The Hall–Kier alpha value is -4.38. The van der Waals surface area contributed by atoms with Gasteiger partial charge in [-0.2, -0.15) is 0 Å². The van der Waals surface area contributed by atoms with Crippen LogP contribution in [0.2, 0.25) is 0 Å². The van der Waals surface area contributed by atoms with Gasteiger partial charge in [0, 0.05) is 17.7 Å². The van der Waals surface area contributed by atoms with Crippen LogP contribution in [0.1, 0.15) is 48.8 Å². The third-order valence-electron chi connectivity index (χ3n) is 6.94.